The minimum Gasteiger partial charge on any atom is -0.365 e. The van der Waals surface area contributed by atoms with Crippen molar-refractivity contribution >= 4 is 16.8 Å². The summed E-state index contributed by atoms with van der Waals surface area (Å²) in [6.07, 6.45) is 1.49. The molecule has 0 aliphatic carbocycles. The second-order valence-electron chi connectivity index (χ2n) is 1.61. The first-order valence-corrected chi connectivity index (χ1v) is 2.97. The van der Waals surface area contributed by atoms with Crippen LogP contribution >= 0.6 is 11.6 Å². The fourth-order valence-electron chi connectivity index (χ4n) is 0.265. The third kappa shape index (κ3) is 5.53. The maximum absolute atomic E-state index is 10.1. The van der Waals surface area contributed by atoms with Gasteiger partial charge in [0, 0.05) is 0 Å². The van der Waals surface area contributed by atoms with Crippen LogP contribution in [0.2, 0.25) is 0 Å². The Morgan fingerprint density at radius 2 is 2.56 bits per heavy atom. The fraction of sp³-hybridized carbons (Fsp3) is 0.500. The molecule has 0 rings (SSSR count). The molecule has 9 heavy (non-hydrogen) atoms. The summed E-state index contributed by atoms with van der Waals surface area (Å²) in [7, 11) is 0. The number of rotatable bonds is 4. The molecule has 0 heterocycles. The molecule has 1 atom stereocenters. The Hall–Kier alpha value is -0.340. The number of hydrogen-bond donors (Lipinski definition) is 0. The van der Waals surface area contributed by atoms with Crippen molar-refractivity contribution in [3.63, 3.8) is 0 Å². The molecule has 0 bridgehead atoms. The van der Waals surface area contributed by atoms with Crippen molar-refractivity contribution in [1.29, 1.82) is 0 Å². The van der Waals surface area contributed by atoms with Crippen molar-refractivity contribution in [2.45, 2.75) is 13.0 Å². The van der Waals surface area contributed by atoms with E-state index >= 15 is 0 Å². The Balaban J connectivity index is 3.26. The van der Waals surface area contributed by atoms with Crippen LogP contribution in [0.25, 0.3) is 0 Å². The second-order valence-corrected chi connectivity index (χ2v) is 2.03. The average Bonchev–Trinajstić information content (AvgIpc) is 1.83. The number of hydrogen-bond acceptors (Lipinski definition) is 2. The Bertz CT molecular complexity index is 112. The first kappa shape index (κ1) is 8.66. The standard InChI is InChI=1S/C6H9ClO2/c1-3-5(2)9-4-6(7)8/h3,5H,1,4H2,2H3. The van der Waals surface area contributed by atoms with Crippen molar-refractivity contribution in [1.82, 2.24) is 0 Å². The molecule has 0 aliphatic heterocycles. The van der Waals surface area contributed by atoms with Crippen LogP contribution in [0.3, 0.4) is 0 Å². The summed E-state index contributed by atoms with van der Waals surface area (Å²) in [4.78, 5) is 10.1. The van der Waals surface area contributed by atoms with Gasteiger partial charge in [0.05, 0.1) is 6.10 Å². The van der Waals surface area contributed by atoms with E-state index in [0.29, 0.717) is 0 Å². The lowest BCUT2D eigenvalue weighted by Gasteiger charge is -2.03. The largest absolute Gasteiger partial charge is 0.365 e. The number of carbonyl (C=O) groups is 1. The smallest absolute Gasteiger partial charge is 0.247 e. The monoisotopic (exact) mass is 148 g/mol. The number of carbonyl (C=O) groups excluding carboxylic acids is 1. The molecule has 0 saturated carbocycles. The summed E-state index contributed by atoms with van der Waals surface area (Å²) in [5.41, 5.74) is 0. The summed E-state index contributed by atoms with van der Waals surface area (Å²) in [5, 5.41) is -0.483. The quantitative estimate of drug-likeness (QED) is 0.444. The highest BCUT2D eigenvalue weighted by Crippen LogP contribution is 1.91. The van der Waals surface area contributed by atoms with Crippen LogP contribution in [0.1, 0.15) is 6.92 Å². The molecule has 0 fully saturated rings. The van der Waals surface area contributed by atoms with Crippen LogP contribution in [-0.2, 0) is 9.53 Å². The highest BCUT2D eigenvalue weighted by atomic mass is 35.5. The fourth-order valence-corrected chi connectivity index (χ4v) is 0.328. The maximum atomic E-state index is 10.1. The van der Waals surface area contributed by atoms with Crippen LogP contribution in [0.5, 0.6) is 0 Å². The molecular weight excluding hydrogens is 140 g/mol. The maximum Gasteiger partial charge on any atom is 0.247 e. The zero-order valence-corrected chi connectivity index (χ0v) is 6.02. The van der Waals surface area contributed by atoms with Gasteiger partial charge in [0.1, 0.15) is 6.61 Å². The van der Waals surface area contributed by atoms with Crippen molar-refractivity contribution < 1.29 is 9.53 Å². The van der Waals surface area contributed by atoms with Gasteiger partial charge in [-0.1, -0.05) is 6.08 Å². The van der Waals surface area contributed by atoms with E-state index in [0.717, 1.165) is 0 Å². The van der Waals surface area contributed by atoms with Crippen LogP contribution in [0.15, 0.2) is 12.7 Å². The van der Waals surface area contributed by atoms with E-state index in [4.69, 9.17) is 16.3 Å². The third-order valence-electron chi connectivity index (χ3n) is 0.792. The lowest BCUT2D eigenvalue weighted by molar-refractivity contribution is -0.116. The van der Waals surface area contributed by atoms with E-state index in [-0.39, 0.29) is 12.7 Å². The summed E-state index contributed by atoms with van der Waals surface area (Å²) < 4.78 is 4.85. The van der Waals surface area contributed by atoms with Gasteiger partial charge in [-0.05, 0) is 18.5 Å². The van der Waals surface area contributed by atoms with E-state index in [1.807, 2.05) is 0 Å². The van der Waals surface area contributed by atoms with Gasteiger partial charge in [-0.2, -0.15) is 0 Å². The van der Waals surface area contributed by atoms with Crippen molar-refractivity contribution in [3.05, 3.63) is 12.7 Å². The Morgan fingerprint density at radius 1 is 2.00 bits per heavy atom. The van der Waals surface area contributed by atoms with Gasteiger partial charge in [-0.15, -0.1) is 6.58 Å². The molecule has 0 amide bonds. The summed E-state index contributed by atoms with van der Waals surface area (Å²) in [5.74, 6) is 0. The van der Waals surface area contributed by atoms with Crippen molar-refractivity contribution in [3.8, 4) is 0 Å². The number of ether oxygens (including phenoxy) is 1. The Kier molecular flexibility index (Phi) is 4.36. The molecule has 0 spiro atoms. The molecule has 3 heteroatoms. The minimum absolute atomic E-state index is 0.0469. The molecule has 0 aromatic heterocycles. The van der Waals surface area contributed by atoms with Crippen LogP contribution < -0.4 is 0 Å². The molecule has 0 radical (unpaired) electrons. The third-order valence-corrected chi connectivity index (χ3v) is 0.901. The van der Waals surface area contributed by atoms with Gasteiger partial charge in [-0.25, -0.2) is 0 Å². The van der Waals surface area contributed by atoms with Gasteiger partial charge >= 0.3 is 0 Å². The summed E-state index contributed by atoms with van der Waals surface area (Å²) >= 11 is 4.98. The normalized spacial score (nSPS) is 12.7. The summed E-state index contributed by atoms with van der Waals surface area (Å²) in [6, 6.07) is 0. The molecule has 0 aromatic rings. The van der Waals surface area contributed by atoms with E-state index < -0.39 is 5.24 Å². The highest BCUT2D eigenvalue weighted by molar-refractivity contribution is 6.63. The molecular formula is C6H9ClO2. The Morgan fingerprint density at radius 3 is 2.89 bits per heavy atom. The molecule has 0 saturated heterocycles. The SMILES string of the molecule is C=CC(C)OCC(=O)Cl. The van der Waals surface area contributed by atoms with Crippen molar-refractivity contribution in [2.24, 2.45) is 0 Å². The lowest BCUT2D eigenvalue weighted by Crippen LogP contribution is -2.09. The van der Waals surface area contributed by atoms with Gasteiger partial charge in [-0.3, -0.25) is 4.79 Å². The molecule has 0 N–H and O–H groups in total. The van der Waals surface area contributed by atoms with Gasteiger partial charge in [0.2, 0.25) is 5.24 Å². The van der Waals surface area contributed by atoms with E-state index in [2.05, 4.69) is 6.58 Å². The average molecular weight is 149 g/mol. The van der Waals surface area contributed by atoms with Crippen LogP contribution in [-0.4, -0.2) is 18.0 Å². The minimum atomic E-state index is -0.483. The number of halogens is 1. The molecule has 0 aliphatic rings. The molecule has 52 valence electrons. The lowest BCUT2D eigenvalue weighted by atomic mass is 10.4. The molecule has 0 aromatic carbocycles. The highest BCUT2D eigenvalue weighted by Gasteiger charge is 1.98. The van der Waals surface area contributed by atoms with Crippen molar-refractivity contribution in [2.75, 3.05) is 6.61 Å². The van der Waals surface area contributed by atoms with E-state index in [1.165, 1.54) is 0 Å². The molecule has 2 nitrogen and oxygen atoms in total. The van der Waals surface area contributed by atoms with E-state index in [1.54, 1.807) is 13.0 Å². The topological polar surface area (TPSA) is 26.3 Å². The second kappa shape index (κ2) is 4.53. The van der Waals surface area contributed by atoms with Gasteiger partial charge in [0.25, 0.3) is 0 Å². The molecule has 1 unspecified atom stereocenters. The van der Waals surface area contributed by atoms with E-state index in [9.17, 15) is 4.79 Å². The van der Waals surface area contributed by atoms with Gasteiger partial charge in [0.15, 0.2) is 0 Å². The van der Waals surface area contributed by atoms with Gasteiger partial charge < -0.3 is 4.74 Å². The zero-order chi connectivity index (χ0) is 7.28. The first-order valence-electron chi connectivity index (χ1n) is 2.59. The first-order chi connectivity index (χ1) is 4.16. The van der Waals surface area contributed by atoms with Crippen LogP contribution in [0, 0.1) is 0 Å². The summed E-state index contributed by atoms with van der Waals surface area (Å²) in [6.45, 7) is 5.20. The van der Waals surface area contributed by atoms with Crippen LogP contribution in [0.4, 0.5) is 0 Å². The zero-order valence-electron chi connectivity index (χ0n) is 5.26. The predicted octanol–water partition coefficient (Wildman–Crippen LogP) is 1.34. The Labute approximate surface area is 59.5 Å². The predicted molar refractivity (Wildman–Crippen MR) is 36.5 cm³/mol.